The van der Waals surface area contributed by atoms with E-state index in [1.807, 2.05) is 6.92 Å². The number of carboxylic acids is 1. The predicted molar refractivity (Wildman–Crippen MR) is 60.0 cm³/mol. The number of rotatable bonds is 9. The highest BCUT2D eigenvalue weighted by atomic mass is 16.5. The van der Waals surface area contributed by atoms with Crippen LogP contribution in [0.3, 0.4) is 0 Å². The first kappa shape index (κ1) is 14.4. The Morgan fingerprint density at radius 1 is 1.47 bits per heavy atom. The number of hydrogen-bond donors (Lipinski definition) is 2. The molecule has 0 saturated carbocycles. The molecule has 0 aliphatic rings. The van der Waals surface area contributed by atoms with E-state index < -0.39 is 12.0 Å². The van der Waals surface area contributed by atoms with Gasteiger partial charge < -0.3 is 9.84 Å². The largest absolute Gasteiger partial charge is 0.480 e. The third-order valence-electron chi connectivity index (χ3n) is 2.44. The summed E-state index contributed by atoms with van der Waals surface area (Å²) in [4.78, 5) is 11.0. The van der Waals surface area contributed by atoms with Crippen LogP contribution in [0, 0.1) is 0 Å². The molecule has 2 atom stereocenters. The van der Waals surface area contributed by atoms with Crippen molar-refractivity contribution >= 4 is 5.97 Å². The zero-order valence-corrected chi connectivity index (χ0v) is 9.95. The Balaban J connectivity index is 4.06. The van der Waals surface area contributed by atoms with Crippen LogP contribution in [0.2, 0.25) is 0 Å². The molecule has 2 N–H and O–H groups in total. The van der Waals surface area contributed by atoms with Gasteiger partial charge in [0.15, 0.2) is 0 Å². The summed E-state index contributed by atoms with van der Waals surface area (Å²) in [7, 11) is 1.63. The third kappa shape index (κ3) is 6.47. The van der Waals surface area contributed by atoms with Crippen molar-refractivity contribution in [1.82, 2.24) is 5.32 Å². The van der Waals surface area contributed by atoms with Gasteiger partial charge in [-0.15, -0.1) is 0 Å². The van der Waals surface area contributed by atoms with Crippen LogP contribution in [0.25, 0.3) is 0 Å². The fourth-order valence-electron chi connectivity index (χ4n) is 1.46. The Morgan fingerprint density at radius 3 is 2.53 bits per heavy atom. The summed E-state index contributed by atoms with van der Waals surface area (Å²) in [5.41, 5.74) is 0. The third-order valence-corrected chi connectivity index (χ3v) is 2.44. The summed E-state index contributed by atoms with van der Waals surface area (Å²) < 4.78 is 5.02. The average Bonchev–Trinajstić information content (AvgIpc) is 2.22. The molecule has 0 rings (SSSR count). The molecule has 0 heterocycles. The van der Waals surface area contributed by atoms with Crippen LogP contribution in [0.1, 0.15) is 39.5 Å². The monoisotopic (exact) mass is 217 g/mol. The number of ether oxygens (including phenoxy) is 1. The smallest absolute Gasteiger partial charge is 0.320 e. The molecule has 0 aromatic heterocycles. The Morgan fingerprint density at radius 2 is 2.13 bits per heavy atom. The van der Waals surface area contributed by atoms with Gasteiger partial charge in [-0.2, -0.15) is 0 Å². The molecule has 90 valence electrons. The van der Waals surface area contributed by atoms with Crippen LogP contribution in [-0.4, -0.2) is 36.9 Å². The molecule has 1 unspecified atom stereocenters. The first-order chi connectivity index (χ1) is 7.15. The molecule has 0 aromatic carbocycles. The van der Waals surface area contributed by atoms with E-state index in [0.29, 0.717) is 13.0 Å². The van der Waals surface area contributed by atoms with Crippen LogP contribution in [0.5, 0.6) is 0 Å². The van der Waals surface area contributed by atoms with Gasteiger partial charge in [-0.25, -0.2) is 0 Å². The minimum absolute atomic E-state index is 0.132. The molecular formula is C11H23NO3. The lowest BCUT2D eigenvalue weighted by atomic mass is 10.1. The molecule has 0 saturated heterocycles. The van der Waals surface area contributed by atoms with Crippen molar-refractivity contribution in [2.45, 2.75) is 51.6 Å². The van der Waals surface area contributed by atoms with E-state index in [0.717, 1.165) is 19.3 Å². The second kappa shape index (κ2) is 8.68. The van der Waals surface area contributed by atoms with Crippen molar-refractivity contribution in [3.63, 3.8) is 0 Å². The van der Waals surface area contributed by atoms with Gasteiger partial charge in [0.25, 0.3) is 0 Å². The van der Waals surface area contributed by atoms with E-state index >= 15 is 0 Å². The van der Waals surface area contributed by atoms with E-state index in [1.54, 1.807) is 7.11 Å². The van der Waals surface area contributed by atoms with E-state index in [4.69, 9.17) is 9.84 Å². The maximum absolute atomic E-state index is 11.0. The first-order valence-electron chi connectivity index (χ1n) is 5.63. The van der Waals surface area contributed by atoms with Gasteiger partial charge in [-0.3, -0.25) is 10.1 Å². The van der Waals surface area contributed by atoms with Gasteiger partial charge in [0.05, 0.1) is 6.61 Å². The highest BCUT2D eigenvalue weighted by Gasteiger charge is 2.19. The lowest BCUT2D eigenvalue weighted by molar-refractivity contribution is -0.140. The number of unbranched alkanes of at least 4 members (excludes halogenated alkanes) is 1. The molecule has 0 fully saturated rings. The Kier molecular flexibility index (Phi) is 8.33. The fraction of sp³-hybridized carbons (Fsp3) is 0.909. The van der Waals surface area contributed by atoms with Crippen molar-refractivity contribution in [3.05, 3.63) is 0 Å². The summed E-state index contributed by atoms with van der Waals surface area (Å²) >= 11 is 0. The lowest BCUT2D eigenvalue weighted by Gasteiger charge is -2.21. The molecule has 0 aliphatic heterocycles. The van der Waals surface area contributed by atoms with Crippen molar-refractivity contribution in [2.75, 3.05) is 13.7 Å². The minimum Gasteiger partial charge on any atom is -0.480 e. The fourth-order valence-corrected chi connectivity index (χ4v) is 1.46. The molecule has 0 spiro atoms. The van der Waals surface area contributed by atoms with Gasteiger partial charge in [0, 0.05) is 13.2 Å². The number of nitrogens with one attached hydrogen (secondary N) is 1. The van der Waals surface area contributed by atoms with Crippen LogP contribution >= 0.6 is 0 Å². The number of carbonyl (C=O) groups is 1. The maximum atomic E-state index is 11.0. The number of methoxy groups -OCH3 is 1. The highest BCUT2D eigenvalue weighted by molar-refractivity contribution is 5.73. The van der Waals surface area contributed by atoms with E-state index in [9.17, 15) is 4.79 Å². The zero-order valence-electron chi connectivity index (χ0n) is 9.95. The summed E-state index contributed by atoms with van der Waals surface area (Å²) in [5, 5.41) is 12.1. The quantitative estimate of drug-likeness (QED) is 0.616. The second-order valence-electron chi connectivity index (χ2n) is 3.76. The number of carboxylic acid groups (broad SMARTS) is 1. The summed E-state index contributed by atoms with van der Waals surface area (Å²) in [6.45, 7) is 4.65. The van der Waals surface area contributed by atoms with Crippen LogP contribution < -0.4 is 5.32 Å². The van der Waals surface area contributed by atoms with Crippen molar-refractivity contribution in [1.29, 1.82) is 0 Å². The molecule has 4 nitrogen and oxygen atoms in total. The van der Waals surface area contributed by atoms with Crippen molar-refractivity contribution in [3.8, 4) is 0 Å². The molecule has 0 radical (unpaired) electrons. The summed E-state index contributed by atoms with van der Waals surface area (Å²) in [6, 6.07) is -0.307. The Hall–Kier alpha value is -0.610. The SMILES string of the molecule is CCCC[C@H](NC(CC)COC)C(=O)O. The lowest BCUT2D eigenvalue weighted by Crippen LogP contribution is -2.45. The zero-order chi connectivity index (χ0) is 11.7. The second-order valence-corrected chi connectivity index (χ2v) is 3.76. The van der Waals surface area contributed by atoms with Crippen LogP contribution in [0.15, 0.2) is 0 Å². The average molecular weight is 217 g/mol. The van der Waals surface area contributed by atoms with Gasteiger partial charge in [0.1, 0.15) is 6.04 Å². The van der Waals surface area contributed by atoms with Gasteiger partial charge >= 0.3 is 5.97 Å². The summed E-state index contributed by atoms with van der Waals surface area (Å²) in [5.74, 6) is -0.766. The number of aliphatic carboxylic acids is 1. The Bertz CT molecular complexity index is 173. The summed E-state index contributed by atoms with van der Waals surface area (Å²) in [6.07, 6.45) is 3.52. The molecule has 0 aliphatic carbocycles. The van der Waals surface area contributed by atoms with Gasteiger partial charge in [-0.1, -0.05) is 26.7 Å². The maximum Gasteiger partial charge on any atom is 0.320 e. The molecule has 0 bridgehead atoms. The van der Waals surface area contributed by atoms with E-state index in [2.05, 4.69) is 12.2 Å². The van der Waals surface area contributed by atoms with Crippen molar-refractivity contribution < 1.29 is 14.6 Å². The molecule has 15 heavy (non-hydrogen) atoms. The van der Waals surface area contributed by atoms with Crippen LogP contribution in [-0.2, 0) is 9.53 Å². The highest BCUT2D eigenvalue weighted by Crippen LogP contribution is 2.03. The van der Waals surface area contributed by atoms with Crippen molar-refractivity contribution in [2.24, 2.45) is 0 Å². The standard InChI is InChI=1S/C11H23NO3/c1-4-6-7-10(11(13)14)12-9(5-2)8-15-3/h9-10,12H,4-8H2,1-3H3,(H,13,14)/t9?,10-/m0/s1. The minimum atomic E-state index is -0.766. The number of hydrogen-bond acceptors (Lipinski definition) is 3. The van der Waals surface area contributed by atoms with Gasteiger partial charge in [-0.05, 0) is 12.8 Å². The van der Waals surface area contributed by atoms with E-state index in [-0.39, 0.29) is 6.04 Å². The van der Waals surface area contributed by atoms with E-state index in [1.165, 1.54) is 0 Å². The van der Waals surface area contributed by atoms with Gasteiger partial charge in [0.2, 0.25) is 0 Å². The predicted octanol–water partition coefficient (Wildman–Crippen LogP) is 1.64. The molecule has 0 aromatic rings. The molecular weight excluding hydrogens is 194 g/mol. The first-order valence-corrected chi connectivity index (χ1v) is 5.63. The Labute approximate surface area is 92.0 Å². The molecule has 0 amide bonds. The van der Waals surface area contributed by atoms with Crippen LogP contribution in [0.4, 0.5) is 0 Å². The molecule has 4 heteroatoms. The normalized spacial score (nSPS) is 14.9. The topological polar surface area (TPSA) is 58.6 Å².